The molecule has 0 aliphatic heterocycles. The van der Waals surface area contributed by atoms with Crippen molar-refractivity contribution in [2.45, 2.75) is 71.3 Å². The normalized spacial score (nSPS) is 44.3. The van der Waals surface area contributed by atoms with E-state index >= 15 is 0 Å². The van der Waals surface area contributed by atoms with Crippen LogP contribution in [0.2, 0.25) is 0 Å². The molecule has 1 aromatic carbocycles. The number of methoxy groups -OCH3 is 1. The van der Waals surface area contributed by atoms with Gasteiger partial charge in [0.05, 0.1) is 13.2 Å². The van der Waals surface area contributed by atoms with E-state index in [2.05, 4.69) is 19.9 Å². The van der Waals surface area contributed by atoms with Crippen molar-refractivity contribution in [3.63, 3.8) is 0 Å². The van der Waals surface area contributed by atoms with Crippen LogP contribution in [-0.4, -0.2) is 24.1 Å². The summed E-state index contributed by atoms with van der Waals surface area (Å²) in [7, 11) is 1.68. The molecule has 0 radical (unpaired) electrons. The SMILES string of the molecule is COc1ccc(/C=C2/CC3C4CCC5CC(O)CCC5(C)C4CCC3(C)C2=O)cc1. The van der Waals surface area contributed by atoms with Gasteiger partial charge in [-0.2, -0.15) is 0 Å². The highest BCUT2D eigenvalue weighted by molar-refractivity contribution is 6.05. The van der Waals surface area contributed by atoms with Crippen LogP contribution in [0.4, 0.5) is 0 Å². The van der Waals surface area contributed by atoms with Crippen molar-refractivity contribution in [2.75, 3.05) is 7.11 Å². The van der Waals surface area contributed by atoms with Gasteiger partial charge in [-0.15, -0.1) is 0 Å². The molecular weight excluding hydrogens is 372 g/mol. The lowest BCUT2D eigenvalue weighted by atomic mass is 9.45. The Bertz CT molecular complexity index is 855. The summed E-state index contributed by atoms with van der Waals surface area (Å²) in [4.78, 5) is 13.5. The third-order valence-electron chi connectivity index (χ3n) is 9.73. The number of Topliss-reactive ketones (excluding diaryl/α,β-unsaturated/α-hetero) is 1. The Balaban J connectivity index is 1.42. The molecule has 1 aromatic rings. The molecule has 7 unspecified atom stereocenters. The van der Waals surface area contributed by atoms with E-state index in [1.54, 1.807) is 7.11 Å². The molecule has 0 bridgehead atoms. The molecule has 0 amide bonds. The molecule has 0 aromatic heterocycles. The van der Waals surface area contributed by atoms with Gasteiger partial charge in [0.1, 0.15) is 5.75 Å². The van der Waals surface area contributed by atoms with Crippen molar-refractivity contribution < 1.29 is 14.6 Å². The van der Waals surface area contributed by atoms with Gasteiger partial charge in [0, 0.05) is 5.41 Å². The molecule has 0 spiro atoms. The summed E-state index contributed by atoms with van der Waals surface area (Å²) in [5, 5.41) is 10.2. The van der Waals surface area contributed by atoms with E-state index in [1.807, 2.05) is 24.3 Å². The molecule has 4 aliphatic carbocycles. The summed E-state index contributed by atoms with van der Waals surface area (Å²) in [5.41, 5.74) is 2.29. The summed E-state index contributed by atoms with van der Waals surface area (Å²) < 4.78 is 5.27. The maximum absolute atomic E-state index is 13.5. The maximum atomic E-state index is 13.5. The van der Waals surface area contributed by atoms with E-state index in [1.165, 1.54) is 19.3 Å². The lowest BCUT2D eigenvalue weighted by molar-refractivity contribution is -0.141. The maximum Gasteiger partial charge on any atom is 0.165 e. The average Bonchev–Trinajstić information content (AvgIpc) is 3.00. The van der Waals surface area contributed by atoms with E-state index in [9.17, 15) is 9.90 Å². The number of fused-ring (bicyclic) bond motifs is 5. The molecule has 0 saturated heterocycles. The minimum absolute atomic E-state index is 0.0967. The Morgan fingerprint density at radius 2 is 1.80 bits per heavy atom. The van der Waals surface area contributed by atoms with Crippen molar-refractivity contribution >= 4 is 11.9 Å². The fourth-order valence-corrected chi connectivity index (χ4v) is 7.94. The van der Waals surface area contributed by atoms with Gasteiger partial charge in [-0.05, 0) is 110 Å². The second-order valence-corrected chi connectivity index (χ2v) is 11.0. The number of ether oxygens (including phenoxy) is 1. The molecule has 30 heavy (non-hydrogen) atoms. The van der Waals surface area contributed by atoms with Crippen molar-refractivity contribution in [1.82, 2.24) is 0 Å². The van der Waals surface area contributed by atoms with E-state index in [0.29, 0.717) is 29.0 Å². The van der Waals surface area contributed by atoms with Gasteiger partial charge in [0.15, 0.2) is 5.78 Å². The molecule has 7 atom stereocenters. The molecule has 4 saturated carbocycles. The molecule has 4 aliphatic rings. The van der Waals surface area contributed by atoms with Crippen LogP contribution in [0.3, 0.4) is 0 Å². The smallest absolute Gasteiger partial charge is 0.165 e. The largest absolute Gasteiger partial charge is 0.497 e. The van der Waals surface area contributed by atoms with E-state index < -0.39 is 0 Å². The zero-order valence-corrected chi connectivity index (χ0v) is 18.7. The number of carbonyl (C=O) groups excluding carboxylic acids is 1. The summed E-state index contributed by atoms with van der Waals surface area (Å²) in [6.45, 7) is 4.76. The number of benzene rings is 1. The second kappa shape index (κ2) is 7.22. The van der Waals surface area contributed by atoms with Gasteiger partial charge < -0.3 is 9.84 Å². The van der Waals surface area contributed by atoms with Gasteiger partial charge in [-0.25, -0.2) is 0 Å². The van der Waals surface area contributed by atoms with Crippen LogP contribution in [0.15, 0.2) is 29.8 Å². The van der Waals surface area contributed by atoms with Gasteiger partial charge >= 0.3 is 0 Å². The first-order valence-corrected chi connectivity index (χ1v) is 11.9. The number of hydrogen-bond donors (Lipinski definition) is 1. The topological polar surface area (TPSA) is 46.5 Å². The first-order chi connectivity index (χ1) is 14.3. The van der Waals surface area contributed by atoms with Gasteiger partial charge in [0.2, 0.25) is 0 Å². The van der Waals surface area contributed by atoms with E-state index in [4.69, 9.17) is 4.74 Å². The molecular formula is C27H36O3. The van der Waals surface area contributed by atoms with Crippen molar-refractivity contribution in [2.24, 2.45) is 34.5 Å². The zero-order chi connectivity index (χ0) is 21.1. The first kappa shape index (κ1) is 20.3. The molecule has 162 valence electrons. The van der Waals surface area contributed by atoms with Crippen LogP contribution >= 0.6 is 0 Å². The Morgan fingerprint density at radius 1 is 1.03 bits per heavy atom. The van der Waals surface area contributed by atoms with Crippen LogP contribution in [0.25, 0.3) is 6.08 Å². The van der Waals surface area contributed by atoms with Gasteiger partial charge in [-0.3, -0.25) is 4.79 Å². The number of aliphatic hydroxyl groups excluding tert-OH is 1. The third-order valence-corrected chi connectivity index (χ3v) is 9.73. The Morgan fingerprint density at radius 3 is 2.53 bits per heavy atom. The molecule has 0 heterocycles. The van der Waals surface area contributed by atoms with Crippen molar-refractivity contribution in [3.8, 4) is 5.75 Å². The number of ketones is 1. The minimum atomic E-state index is -0.184. The molecule has 4 fully saturated rings. The predicted molar refractivity (Wildman–Crippen MR) is 119 cm³/mol. The molecule has 1 N–H and O–H groups in total. The average molecular weight is 409 g/mol. The van der Waals surface area contributed by atoms with E-state index in [0.717, 1.165) is 54.9 Å². The Kier molecular flexibility index (Phi) is 4.89. The highest BCUT2D eigenvalue weighted by Gasteiger charge is 2.61. The number of rotatable bonds is 2. The third kappa shape index (κ3) is 2.99. The monoisotopic (exact) mass is 408 g/mol. The standard InChI is InChI=1S/C27H36O3/c1-26-12-10-20(28)16-19(26)6-9-22-23(26)11-13-27(2)24(22)15-18(25(27)29)14-17-4-7-21(30-3)8-5-17/h4-5,7-8,14,19-20,22-24,28H,6,9-13,15-16H2,1-3H3/b18-14-. The fourth-order valence-electron chi connectivity index (χ4n) is 7.94. The fraction of sp³-hybridized carbons (Fsp3) is 0.667. The molecule has 3 heteroatoms. The highest BCUT2D eigenvalue weighted by Crippen LogP contribution is 2.66. The van der Waals surface area contributed by atoms with E-state index in [-0.39, 0.29) is 11.5 Å². The quantitative estimate of drug-likeness (QED) is 0.642. The Labute approximate surface area is 180 Å². The van der Waals surface area contributed by atoms with Gasteiger partial charge in [-0.1, -0.05) is 26.0 Å². The minimum Gasteiger partial charge on any atom is -0.497 e. The van der Waals surface area contributed by atoms with Crippen LogP contribution in [-0.2, 0) is 4.79 Å². The van der Waals surface area contributed by atoms with Gasteiger partial charge in [0.25, 0.3) is 0 Å². The predicted octanol–water partition coefficient (Wildman–Crippen LogP) is 5.66. The number of hydrogen-bond acceptors (Lipinski definition) is 3. The summed E-state index contributed by atoms with van der Waals surface area (Å²) in [5.74, 6) is 3.77. The number of carbonyl (C=O) groups is 1. The summed E-state index contributed by atoms with van der Waals surface area (Å²) in [6.07, 6.45) is 10.8. The van der Waals surface area contributed by atoms with Crippen molar-refractivity contribution in [1.29, 1.82) is 0 Å². The van der Waals surface area contributed by atoms with Crippen LogP contribution in [0.1, 0.15) is 70.8 Å². The van der Waals surface area contributed by atoms with Crippen molar-refractivity contribution in [3.05, 3.63) is 35.4 Å². The Hall–Kier alpha value is -1.61. The lowest BCUT2D eigenvalue weighted by Gasteiger charge is -2.59. The van der Waals surface area contributed by atoms with Crippen LogP contribution in [0, 0.1) is 34.5 Å². The zero-order valence-electron chi connectivity index (χ0n) is 18.7. The van der Waals surface area contributed by atoms with Crippen LogP contribution in [0.5, 0.6) is 5.75 Å². The number of aliphatic hydroxyl groups is 1. The molecule has 5 rings (SSSR count). The summed E-state index contributed by atoms with van der Waals surface area (Å²) >= 11 is 0. The van der Waals surface area contributed by atoms with Crippen LogP contribution < -0.4 is 4.74 Å². The first-order valence-electron chi connectivity index (χ1n) is 11.9. The number of allylic oxidation sites excluding steroid dienone is 1. The summed E-state index contributed by atoms with van der Waals surface area (Å²) in [6, 6.07) is 8.03. The highest BCUT2D eigenvalue weighted by atomic mass is 16.5. The molecule has 3 nitrogen and oxygen atoms in total. The lowest BCUT2D eigenvalue weighted by Crippen LogP contribution is -2.54. The second-order valence-electron chi connectivity index (χ2n) is 11.0.